The van der Waals surface area contributed by atoms with Crippen molar-refractivity contribution in [1.29, 1.82) is 0 Å². The number of nitrogens with zero attached hydrogens (tertiary/aromatic N) is 1. The number of aliphatic hydroxyl groups excluding tert-OH is 2. The van der Waals surface area contributed by atoms with Crippen LogP contribution in [0.25, 0.3) is 17.2 Å². The third-order valence-corrected chi connectivity index (χ3v) is 6.24. The van der Waals surface area contributed by atoms with Crippen molar-refractivity contribution in [3.05, 3.63) is 59.2 Å². The van der Waals surface area contributed by atoms with Crippen molar-refractivity contribution in [3.63, 3.8) is 0 Å². The van der Waals surface area contributed by atoms with Crippen LogP contribution in [0.15, 0.2) is 36.4 Å². The summed E-state index contributed by atoms with van der Waals surface area (Å²) in [7, 11) is 0. The fourth-order valence-corrected chi connectivity index (χ4v) is 4.54. The quantitative estimate of drug-likeness (QED) is 0.454. The first-order valence-corrected chi connectivity index (χ1v) is 11.8. The SMILES string of the molecule is CC(C)c1nc(C2CCCCC2)cc(-c2ccc(F)cc2)c1/C=C/C(O)C[C@@H](O)CC(=O)O. The highest BCUT2D eigenvalue weighted by molar-refractivity contribution is 5.77. The lowest BCUT2D eigenvalue weighted by Crippen LogP contribution is -2.19. The Balaban J connectivity index is 2.02. The van der Waals surface area contributed by atoms with E-state index in [2.05, 4.69) is 19.9 Å². The lowest BCUT2D eigenvalue weighted by Gasteiger charge is -2.24. The number of aliphatic hydroxyl groups is 2. The summed E-state index contributed by atoms with van der Waals surface area (Å²) >= 11 is 0. The molecule has 0 radical (unpaired) electrons. The van der Waals surface area contributed by atoms with Crippen molar-refractivity contribution >= 4 is 12.0 Å². The van der Waals surface area contributed by atoms with Crippen LogP contribution in [0.5, 0.6) is 0 Å². The standard InChI is InChI=1S/C27H34FNO4/c1-17(2)27-23(13-12-21(30)14-22(31)15-26(32)33)24(18-8-10-20(28)11-9-18)16-25(29-27)19-6-4-3-5-7-19/h8-13,16-17,19,21-22,30-31H,3-7,14-15H2,1-2H3,(H,32,33)/b13-12+/t21?,22-/m1/s1. The molecule has 1 heterocycles. The number of halogens is 1. The Kier molecular flexibility index (Phi) is 8.75. The fraction of sp³-hybridized carbons (Fsp3) is 0.481. The monoisotopic (exact) mass is 455 g/mol. The van der Waals surface area contributed by atoms with E-state index in [4.69, 9.17) is 10.1 Å². The van der Waals surface area contributed by atoms with Crippen LogP contribution >= 0.6 is 0 Å². The zero-order valence-electron chi connectivity index (χ0n) is 19.4. The maximum atomic E-state index is 13.6. The maximum Gasteiger partial charge on any atom is 0.305 e. The van der Waals surface area contributed by atoms with Gasteiger partial charge in [0.25, 0.3) is 0 Å². The van der Waals surface area contributed by atoms with E-state index in [1.165, 1.54) is 31.4 Å². The minimum Gasteiger partial charge on any atom is -0.481 e. The number of hydrogen-bond donors (Lipinski definition) is 3. The highest BCUT2D eigenvalue weighted by Crippen LogP contribution is 2.37. The molecule has 1 fully saturated rings. The normalized spacial score (nSPS) is 16.9. The van der Waals surface area contributed by atoms with Crippen LogP contribution in [0.3, 0.4) is 0 Å². The van der Waals surface area contributed by atoms with E-state index in [0.717, 1.165) is 40.9 Å². The molecule has 33 heavy (non-hydrogen) atoms. The van der Waals surface area contributed by atoms with Crippen LogP contribution in [0.4, 0.5) is 4.39 Å². The van der Waals surface area contributed by atoms with Crippen LogP contribution in [0.2, 0.25) is 0 Å². The minimum atomic E-state index is -1.13. The largest absolute Gasteiger partial charge is 0.481 e. The highest BCUT2D eigenvalue weighted by Gasteiger charge is 2.22. The molecule has 0 bridgehead atoms. The second-order valence-electron chi connectivity index (χ2n) is 9.30. The number of rotatable bonds is 9. The van der Waals surface area contributed by atoms with Gasteiger partial charge in [0.15, 0.2) is 0 Å². The molecule has 3 rings (SSSR count). The van der Waals surface area contributed by atoms with Crippen LogP contribution < -0.4 is 0 Å². The number of hydrogen-bond acceptors (Lipinski definition) is 4. The van der Waals surface area contributed by atoms with Crippen molar-refractivity contribution in [2.24, 2.45) is 0 Å². The zero-order valence-corrected chi connectivity index (χ0v) is 19.4. The summed E-state index contributed by atoms with van der Waals surface area (Å²) in [5.41, 5.74) is 4.63. The summed E-state index contributed by atoms with van der Waals surface area (Å²) in [5, 5.41) is 29.0. The number of pyridine rings is 1. The van der Waals surface area contributed by atoms with E-state index in [1.54, 1.807) is 24.3 Å². The van der Waals surface area contributed by atoms with Gasteiger partial charge in [0.1, 0.15) is 5.82 Å². The highest BCUT2D eigenvalue weighted by atomic mass is 19.1. The molecular formula is C27H34FNO4. The molecule has 0 saturated heterocycles. The number of benzene rings is 1. The molecule has 2 aromatic rings. The summed E-state index contributed by atoms with van der Waals surface area (Å²) in [5.74, 6) is -0.876. The van der Waals surface area contributed by atoms with Gasteiger partial charge in [-0.3, -0.25) is 9.78 Å². The Labute approximate surface area is 195 Å². The van der Waals surface area contributed by atoms with Crippen LogP contribution in [-0.4, -0.2) is 38.5 Å². The van der Waals surface area contributed by atoms with Crippen molar-refractivity contribution in [3.8, 4) is 11.1 Å². The lowest BCUT2D eigenvalue weighted by atomic mass is 9.84. The molecule has 1 saturated carbocycles. The predicted octanol–water partition coefficient (Wildman–Crippen LogP) is 5.66. The minimum absolute atomic E-state index is 0.0702. The molecule has 6 heteroatoms. The first-order valence-electron chi connectivity index (χ1n) is 11.8. The molecule has 1 aromatic heterocycles. The van der Waals surface area contributed by atoms with Gasteiger partial charge in [0.05, 0.1) is 24.3 Å². The number of carbonyl (C=O) groups is 1. The number of aliphatic carboxylic acids is 1. The number of carboxylic acid groups (broad SMARTS) is 1. The molecule has 178 valence electrons. The molecule has 0 aliphatic heterocycles. The van der Waals surface area contributed by atoms with Crippen LogP contribution in [0, 0.1) is 5.82 Å². The first kappa shape index (κ1) is 25.1. The fourth-order valence-electron chi connectivity index (χ4n) is 4.54. The van der Waals surface area contributed by atoms with Crippen molar-refractivity contribution < 1.29 is 24.5 Å². The molecule has 3 N–H and O–H groups in total. The van der Waals surface area contributed by atoms with E-state index in [9.17, 15) is 19.4 Å². The van der Waals surface area contributed by atoms with E-state index < -0.39 is 24.6 Å². The average molecular weight is 456 g/mol. The van der Waals surface area contributed by atoms with E-state index in [0.29, 0.717) is 5.92 Å². The summed E-state index contributed by atoms with van der Waals surface area (Å²) in [4.78, 5) is 15.8. The van der Waals surface area contributed by atoms with E-state index in [1.807, 2.05) is 0 Å². The second kappa shape index (κ2) is 11.5. The molecule has 5 nitrogen and oxygen atoms in total. The van der Waals surface area contributed by atoms with Crippen molar-refractivity contribution in [2.45, 2.75) is 82.8 Å². The number of aromatic nitrogens is 1. The molecule has 0 spiro atoms. The molecule has 1 aliphatic rings. The van der Waals surface area contributed by atoms with E-state index in [-0.39, 0.29) is 18.2 Å². The van der Waals surface area contributed by atoms with Gasteiger partial charge in [0, 0.05) is 23.6 Å². The molecule has 1 unspecified atom stereocenters. The summed E-state index contributed by atoms with van der Waals surface area (Å²) < 4.78 is 13.6. The van der Waals surface area contributed by atoms with Gasteiger partial charge in [-0.05, 0) is 48.1 Å². The average Bonchev–Trinajstić information content (AvgIpc) is 2.77. The van der Waals surface area contributed by atoms with Gasteiger partial charge >= 0.3 is 5.97 Å². The molecule has 0 amide bonds. The Morgan fingerprint density at radius 3 is 2.42 bits per heavy atom. The summed E-state index contributed by atoms with van der Waals surface area (Å²) in [6.45, 7) is 4.15. The van der Waals surface area contributed by atoms with Crippen molar-refractivity contribution in [2.75, 3.05) is 0 Å². The Hall–Kier alpha value is -2.57. The van der Waals surface area contributed by atoms with Gasteiger partial charge in [-0.2, -0.15) is 0 Å². The Bertz CT molecular complexity index is 965. The third kappa shape index (κ3) is 6.95. The topological polar surface area (TPSA) is 90.7 Å². The maximum absolute atomic E-state index is 13.6. The first-order chi connectivity index (χ1) is 15.7. The molecule has 1 aliphatic carbocycles. The van der Waals surface area contributed by atoms with E-state index >= 15 is 0 Å². The summed E-state index contributed by atoms with van der Waals surface area (Å²) in [6, 6.07) is 8.49. The zero-order chi connectivity index (χ0) is 24.0. The smallest absolute Gasteiger partial charge is 0.305 e. The van der Waals surface area contributed by atoms with Gasteiger partial charge in [-0.25, -0.2) is 4.39 Å². The van der Waals surface area contributed by atoms with Crippen LogP contribution in [-0.2, 0) is 4.79 Å². The summed E-state index contributed by atoms with van der Waals surface area (Å²) in [6.07, 6.45) is 6.62. The second-order valence-corrected chi connectivity index (χ2v) is 9.30. The third-order valence-electron chi connectivity index (χ3n) is 6.24. The number of carboxylic acids is 1. The van der Waals surface area contributed by atoms with Crippen molar-refractivity contribution in [1.82, 2.24) is 4.98 Å². The molecule has 2 atom stereocenters. The Morgan fingerprint density at radius 2 is 1.82 bits per heavy atom. The van der Waals surface area contributed by atoms with Gasteiger partial charge in [-0.1, -0.05) is 57.4 Å². The lowest BCUT2D eigenvalue weighted by molar-refractivity contribution is -0.139. The van der Waals surface area contributed by atoms with Gasteiger partial charge < -0.3 is 15.3 Å². The Morgan fingerprint density at radius 1 is 1.15 bits per heavy atom. The predicted molar refractivity (Wildman–Crippen MR) is 127 cm³/mol. The molecule has 1 aromatic carbocycles. The van der Waals surface area contributed by atoms with Gasteiger partial charge in [0.2, 0.25) is 0 Å². The van der Waals surface area contributed by atoms with Crippen LogP contribution in [0.1, 0.15) is 87.6 Å². The molecular weight excluding hydrogens is 421 g/mol. The van der Waals surface area contributed by atoms with Gasteiger partial charge in [-0.15, -0.1) is 0 Å².